The lowest BCUT2D eigenvalue weighted by atomic mass is 10.3. The molecule has 1 aliphatic carbocycles. The first-order chi connectivity index (χ1) is 7.08. The standard InChI is InChI=1S/C9H12ClN3O2/c1-13-8(15)7(10)6(4-11-13)12-9(5-14)2-3-9/h4,12,14H,2-3,5H2,1H3. The molecule has 1 fully saturated rings. The fourth-order valence-corrected chi connectivity index (χ4v) is 1.58. The summed E-state index contributed by atoms with van der Waals surface area (Å²) < 4.78 is 1.17. The van der Waals surface area contributed by atoms with Gasteiger partial charge in [-0.1, -0.05) is 11.6 Å². The highest BCUT2D eigenvalue weighted by Crippen LogP contribution is 2.39. The van der Waals surface area contributed by atoms with Gasteiger partial charge in [-0.15, -0.1) is 0 Å². The average Bonchev–Trinajstić information content (AvgIpc) is 3.00. The Labute approximate surface area is 91.7 Å². The smallest absolute Gasteiger partial charge is 0.287 e. The molecule has 0 radical (unpaired) electrons. The van der Waals surface area contributed by atoms with Crippen molar-refractivity contribution in [3.8, 4) is 0 Å². The maximum atomic E-state index is 11.4. The van der Waals surface area contributed by atoms with Gasteiger partial charge in [0.1, 0.15) is 5.02 Å². The molecular weight excluding hydrogens is 218 g/mol. The van der Waals surface area contributed by atoms with Gasteiger partial charge in [0, 0.05) is 7.05 Å². The second-order valence-corrected chi connectivity index (χ2v) is 4.24. The zero-order valence-electron chi connectivity index (χ0n) is 8.33. The SMILES string of the molecule is Cn1ncc(NC2(CO)CC2)c(Cl)c1=O. The van der Waals surface area contributed by atoms with Crippen molar-refractivity contribution in [2.45, 2.75) is 18.4 Å². The molecule has 0 saturated heterocycles. The van der Waals surface area contributed by atoms with Crippen LogP contribution in [-0.4, -0.2) is 27.0 Å². The zero-order chi connectivity index (χ0) is 11.1. The normalized spacial score (nSPS) is 17.5. The van der Waals surface area contributed by atoms with Gasteiger partial charge in [0.15, 0.2) is 0 Å². The van der Waals surface area contributed by atoms with E-state index in [4.69, 9.17) is 16.7 Å². The average molecular weight is 230 g/mol. The summed E-state index contributed by atoms with van der Waals surface area (Å²) in [5, 5.41) is 16.2. The Morgan fingerprint density at radius 3 is 2.93 bits per heavy atom. The van der Waals surface area contributed by atoms with Gasteiger partial charge in [0.25, 0.3) is 5.56 Å². The van der Waals surface area contributed by atoms with E-state index in [1.807, 2.05) is 0 Å². The van der Waals surface area contributed by atoms with Crippen molar-refractivity contribution in [1.82, 2.24) is 9.78 Å². The van der Waals surface area contributed by atoms with Crippen LogP contribution in [0.15, 0.2) is 11.0 Å². The lowest BCUT2D eigenvalue weighted by molar-refractivity contribution is 0.266. The van der Waals surface area contributed by atoms with Crippen molar-refractivity contribution in [2.75, 3.05) is 11.9 Å². The summed E-state index contributed by atoms with van der Waals surface area (Å²) >= 11 is 5.87. The Morgan fingerprint density at radius 1 is 1.73 bits per heavy atom. The van der Waals surface area contributed by atoms with Crippen LogP contribution in [0, 0.1) is 0 Å². The van der Waals surface area contributed by atoms with E-state index >= 15 is 0 Å². The van der Waals surface area contributed by atoms with E-state index in [2.05, 4.69) is 10.4 Å². The van der Waals surface area contributed by atoms with Crippen LogP contribution in [-0.2, 0) is 7.05 Å². The molecule has 0 aromatic carbocycles. The number of nitrogens with one attached hydrogen (secondary N) is 1. The monoisotopic (exact) mass is 229 g/mol. The second kappa shape index (κ2) is 3.50. The first kappa shape index (κ1) is 10.4. The summed E-state index contributed by atoms with van der Waals surface area (Å²) in [6, 6.07) is 0. The minimum atomic E-state index is -0.338. The molecule has 1 aromatic rings. The Kier molecular flexibility index (Phi) is 2.44. The van der Waals surface area contributed by atoms with E-state index in [0.29, 0.717) is 5.69 Å². The quantitative estimate of drug-likeness (QED) is 0.786. The largest absolute Gasteiger partial charge is 0.394 e. The molecule has 0 amide bonds. The molecule has 1 heterocycles. The van der Waals surface area contributed by atoms with E-state index in [9.17, 15) is 4.79 Å². The maximum absolute atomic E-state index is 11.4. The predicted octanol–water partition coefficient (Wildman–Crippen LogP) is 0.370. The van der Waals surface area contributed by atoms with Crippen LogP contribution < -0.4 is 10.9 Å². The summed E-state index contributed by atoms with van der Waals surface area (Å²) in [6.07, 6.45) is 3.27. The first-order valence-electron chi connectivity index (χ1n) is 4.69. The van der Waals surface area contributed by atoms with Crippen molar-refractivity contribution in [3.05, 3.63) is 21.6 Å². The van der Waals surface area contributed by atoms with E-state index in [0.717, 1.165) is 12.8 Å². The molecule has 0 aliphatic heterocycles. The number of hydrogen-bond donors (Lipinski definition) is 2. The fourth-order valence-electron chi connectivity index (χ4n) is 1.36. The van der Waals surface area contributed by atoms with Gasteiger partial charge in [-0.2, -0.15) is 5.10 Å². The number of halogens is 1. The molecular formula is C9H12ClN3O2. The highest BCUT2D eigenvalue weighted by Gasteiger charge is 2.42. The highest BCUT2D eigenvalue weighted by molar-refractivity contribution is 6.32. The third-order valence-electron chi connectivity index (χ3n) is 2.63. The molecule has 6 heteroatoms. The molecule has 2 N–H and O–H groups in total. The third kappa shape index (κ3) is 1.85. The molecule has 1 aliphatic rings. The number of aliphatic hydroxyl groups is 1. The minimum absolute atomic E-state index is 0.0402. The molecule has 5 nitrogen and oxygen atoms in total. The van der Waals surface area contributed by atoms with Crippen LogP contribution in [0.2, 0.25) is 5.02 Å². The third-order valence-corrected chi connectivity index (χ3v) is 3.00. The van der Waals surface area contributed by atoms with Crippen molar-refractivity contribution in [2.24, 2.45) is 7.05 Å². The Balaban J connectivity index is 2.30. The summed E-state index contributed by atoms with van der Waals surface area (Å²) in [7, 11) is 1.54. The number of anilines is 1. The Bertz CT molecular complexity index is 439. The molecule has 2 rings (SSSR count). The summed E-state index contributed by atoms with van der Waals surface area (Å²) in [5.41, 5.74) is -0.140. The van der Waals surface area contributed by atoms with E-state index in [1.165, 1.54) is 17.9 Å². The first-order valence-corrected chi connectivity index (χ1v) is 5.07. The number of aliphatic hydroxyl groups excluding tert-OH is 1. The van der Waals surface area contributed by atoms with Crippen LogP contribution in [0.25, 0.3) is 0 Å². The van der Waals surface area contributed by atoms with E-state index in [-0.39, 0.29) is 22.7 Å². The lowest BCUT2D eigenvalue weighted by Crippen LogP contribution is -2.28. The predicted molar refractivity (Wildman–Crippen MR) is 57.2 cm³/mol. The van der Waals surface area contributed by atoms with E-state index < -0.39 is 0 Å². The number of rotatable bonds is 3. The Morgan fingerprint density at radius 2 is 2.40 bits per heavy atom. The number of hydrogen-bond acceptors (Lipinski definition) is 4. The van der Waals surface area contributed by atoms with Crippen molar-refractivity contribution < 1.29 is 5.11 Å². The summed E-state index contributed by atoms with van der Waals surface area (Å²) in [5.74, 6) is 0. The van der Waals surface area contributed by atoms with Crippen molar-refractivity contribution in [1.29, 1.82) is 0 Å². The molecule has 0 spiro atoms. The highest BCUT2D eigenvalue weighted by atomic mass is 35.5. The van der Waals surface area contributed by atoms with Gasteiger partial charge >= 0.3 is 0 Å². The zero-order valence-corrected chi connectivity index (χ0v) is 9.08. The summed E-state index contributed by atoms with van der Waals surface area (Å²) in [4.78, 5) is 11.4. The topological polar surface area (TPSA) is 67.2 Å². The van der Waals surface area contributed by atoms with Gasteiger partial charge in [0.2, 0.25) is 0 Å². The van der Waals surface area contributed by atoms with Crippen LogP contribution in [0.5, 0.6) is 0 Å². The maximum Gasteiger partial charge on any atom is 0.287 e. The number of aryl methyl sites for hydroxylation is 1. The van der Waals surface area contributed by atoms with Crippen molar-refractivity contribution in [3.63, 3.8) is 0 Å². The van der Waals surface area contributed by atoms with Crippen LogP contribution >= 0.6 is 11.6 Å². The molecule has 0 unspecified atom stereocenters. The summed E-state index contributed by atoms with van der Waals surface area (Å²) in [6.45, 7) is 0.0402. The molecule has 0 atom stereocenters. The molecule has 82 valence electrons. The molecule has 0 bridgehead atoms. The van der Waals surface area contributed by atoms with Crippen LogP contribution in [0.4, 0.5) is 5.69 Å². The van der Waals surface area contributed by atoms with Gasteiger partial charge < -0.3 is 10.4 Å². The Hall–Kier alpha value is -1.07. The number of aromatic nitrogens is 2. The second-order valence-electron chi connectivity index (χ2n) is 3.86. The molecule has 15 heavy (non-hydrogen) atoms. The van der Waals surface area contributed by atoms with Gasteiger partial charge in [-0.3, -0.25) is 4.79 Å². The number of nitrogens with zero attached hydrogens (tertiary/aromatic N) is 2. The van der Waals surface area contributed by atoms with E-state index in [1.54, 1.807) is 0 Å². The fraction of sp³-hybridized carbons (Fsp3) is 0.556. The minimum Gasteiger partial charge on any atom is -0.394 e. The van der Waals surface area contributed by atoms with Crippen LogP contribution in [0.3, 0.4) is 0 Å². The lowest BCUT2D eigenvalue weighted by Gasteiger charge is -2.16. The van der Waals surface area contributed by atoms with Gasteiger partial charge in [0.05, 0.1) is 24.0 Å². The van der Waals surface area contributed by atoms with Crippen molar-refractivity contribution >= 4 is 17.3 Å². The molecule has 1 saturated carbocycles. The van der Waals surface area contributed by atoms with Gasteiger partial charge in [-0.25, -0.2) is 4.68 Å². The van der Waals surface area contributed by atoms with Gasteiger partial charge in [-0.05, 0) is 12.8 Å². The molecule has 1 aromatic heterocycles. The van der Waals surface area contributed by atoms with Crippen LogP contribution in [0.1, 0.15) is 12.8 Å².